The molecule has 0 amide bonds. The predicted octanol–water partition coefficient (Wildman–Crippen LogP) is 4.86. The van der Waals surface area contributed by atoms with Gasteiger partial charge in [0.15, 0.2) is 5.76 Å². The summed E-state index contributed by atoms with van der Waals surface area (Å²) in [5.74, 6) is 0.742. The first kappa shape index (κ1) is 13.8. The van der Waals surface area contributed by atoms with Crippen LogP contribution in [0.3, 0.4) is 0 Å². The molecule has 5 rings (SSSR count). The van der Waals surface area contributed by atoms with Gasteiger partial charge in [0.05, 0.1) is 12.5 Å². The molecule has 4 aromatic heterocycles. The number of hydrogen-bond donors (Lipinski definition) is 0. The molecular formula is C17H11ClN4OS. The summed E-state index contributed by atoms with van der Waals surface area (Å²) < 4.78 is 9.27. The minimum atomic E-state index is 0.719. The molecule has 0 radical (unpaired) electrons. The number of nitrogens with zero attached hydrogens (tertiary/aromatic N) is 4. The second kappa shape index (κ2) is 4.96. The second-order valence-corrected chi connectivity index (χ2v) is 6.95. The summed E-state index contributed by atoms with van der Waals surface area (Å²) in [5.41, 5.74) is 2.97. The third-order valence-electron chi connectivity index (χ3n) is 4.00. The molecule has 0 saturated carbocycles. The average Bonchev–Trinajstić information content (AvgIpc) is 3.28. The summed E-state index contributed by atoms with van der Waals surface area (Å²) in [5, 5.41) is 7.40. The molecule has 0 spiro atoms. The largest absolute Gasteiger partial charge is 0.463 e. The highest BCUT2D eigenvalue weighted by atomic mass is 35.5. The SMILES string of the molecule is Cn1cc(-c2nn3cc(-c4ccco4)nc3s2)c2cc(Cl)ccc21. The lowest BCUT2D eigenvalue weighted by molar-refractivity contribution is 0.580. The van der Waals surface area contributed by atoms with E-state index in [1.807, 2.05) is 43.6 Å². The van der Waals surface area contributed by atoms with Crippen LogP contribution in [0.15, 0.2) is 53.4 Å². The van der Waals surface area contributed by atoms with Gasteiger partial charge in [-0.15, -0.1) is 0 Å². The normalized spacial score (nSPS) is 11.8. The first-order chi connectivity index (χ1) is 11.7. The van der Waals surface area contributed by atoms with Crippen molar-refractivity contribution in [1.82, 2.24) is 19.2 Å². The highest BCUT2D eigenvalue weighted by Gasteiger charge is 2.16. The van der Waals surface area contributed by atoms with Gasteiger partial charge in [-0.1, -0.05) is 22.9 Å². The van der Waals surface area contributed by atoms with Crippen LogP contribution in [0.2, 0.25) is 5.02 Å². The zero-order valence-electron chi connectivity index (χ0n) is 12.6. The quantitative estimate of drug-likeness (QED) is 0.454. The molecule has 24 heavy (non-hydrogen) atoms. The Bertz CT molecular complexity index is 1150. The van der Waals surface area contributed by atoms with Crippen LogP contribution in [0.4, 0.5) is 0 Å². The number of furan rings is 1. The van der Waals surface area contributed by atoms with Gasteiger partial charge in [0.2, 0.25) is 4.96 Å². The Kier molecular flexibility index (Phi) is 2.86. The van der Waals surface area contributed by atoms with E-state index in [-0.39, 0.29) is 0 Å². The van der Waals surface area contributed by atoms with Crippen molar-refractivity contribution >= 4 is 38.8 Å². The van der Waals surface area contributed by atoms with Crippen LogP contribution in [0.5, 0.6) is 0 Å². The molecule has 0 atom stereocenters. The first-order valence-corrected chi connectivity index (χ1v) is 8.53. The molecule has 5 nitrogen and oxygen atoms in total. The highest BCUT2D eigenvalue weighted by Crippen LogP contribution is 2.35. The van der Waals surface area contributed by atoms with Crippen molar-refractivity contribution in [2.45, 2.75) is 0 Å². The van der Waals surface area contributed by atoms with Crippen molar-refractivity contribution in [3.63, 3.8) is 0 Å². The minimum Gasteiger partial charge on any atom is -0.463 e. The van der Waals surface area contributed by atoms with Crippen molar-refractivity contribution < 1.29 is 4.42 Å². The van der Waals surface area contributed by atoms with Crippen molar-refractivity contribution in [2.75, 3.05) is 0 Å². The Morgan fingerprint density at radius 3 is 2.92 bits per heavy atom. The van der Waals surface area contributed by atoms with Crippen LogP contribution in [-0.4, -0.2) is 19.2 Å². The Balaban J connectivity index is 1.67. The van der Waals surface area contributed by atoms with Crippen LogP contribution in [-0.2, 0) is 7.05 Å². The molecule has 0 aliphatic rings. The fourth-order valence-corrected chi connectivity index (χ4v) is 3.96. The molecule has 0 bridgehead atoms. The fourth-order valence-electron chi connectivity index (χ4n) is 2.89. The van der Waals surface area contributed by atoms with E-state index in [1.54, 1.807) is 22.1 Å². The van der Waals surface area contributed by atoms with Crippen molar-refractivity contribution in [3.05, 3.63) is 54.0 Å². The molecule has 118 valence electrons. The number of aromatic nitrogens is 4. The van der Waals surface area contributed by atoms with E-state index in [4.69, 9.17) is 16.0 Å². The third-order valence-corrected chi connectivity index (χ3v) is 5.19. The Morgan fingerprint density at radius 2 is 2.12 bits per heavy atom. The number of benzene rings is 1. The number of aryl methyl sites for hydroxylation is 1. The van der Waals surface area contributed by atoms with E-state index < -0.39 is 0 Å². The average molecular weight is 355 g/mol. The molecule has 0 aliphatic heterocycles. The molecule has 0 saturated heterocycles. The van der Waals surface area contributed by atoms with Gasteiger partial charge in [0, 0.05) is 34.7 Å². The number of imidazole rings is 1. The lowest BCUT2D eigenvalue weighted by atomic mass is 10.2. The molecule has 0 fully saturated rings. The van der Waals surface area contributed by atoms with Gasteiger partial charge < -0.3 is 8.98 Å². The first-order valence-electron chi connectivity index (χ1n) is 7.34. The number of halogens is 1. The molecule has 4 heterocycles. The van der Waals surface area contributed by atoms with E-state index >= 15 is 0 Å². The van der Waals surface area contributed by atoms with E-state index in [9.17, 15) is 0 Å². The Morgan fingerprint density at radius 1 is 1.21 bits per heavy atom. The summed E-state index contributed by atoms with van der Waals surface area (Å²) in [6.07, 6.45) is 5.60. The number of rotatable bonds is 2. The minimum absolute atomic E-state index is 0.719. The summed E-state index contributed by atoms with van der Waals surface area (Å²) in [6.45, 7) is 0. The maximum absolute atomic E-state index is 6.17. The van der Waals surface area contributed by atoms with E-state index in [1.165, 1.54) is 0 Å². The van der Waals surface area contributed by atoms with Gasteiger partial charge >= 0.3 is 0 Å². The van der Waals surface area contributed by atoms with Gasteiger partial charge in [-0.05, 0) is 30.3 Å². The molecule has 1 aromatic carbocycles. The molecule has 0 N–H and O–H groups in total. The summed E-state index contributed by atoms with van der Waals surface area (Å²) in [6, 6.07) is 9.64. The molecule has 7 heteroatoms. The van der Waals surface area contributed by atoms with Gasteiger partial charge in [0.25, 0.3) is 0 Å². The second-order valence-electron chi connectivity index (χ2n) is 5.55. The van der Waals surface area contributed by atoms with Crippen molar-refractivity contribution in [1.29, 1.82) is 0 Å². The molecule has 5 aromatic rings. The van der Waals surface area contributed by atoms with Crippen LogP contribution < -0.4 is 0 Å². The van der Waals surface area contributed by atoms with E-state index in [0.29, 0.717) is 0 Å². The maximum atomic E-state index is 6.17. The summed E-state index contributed by atoms with van der Waals surface area (Å²) in [7, 11) is 2.02. The van der Waals surface area contributed by atoms with E-state index in [0.717, 1.165) is 42.9 Å². The zero-order valence-corrected chi connectivity index (χ0v) is 14.2. The van der Waals surface area contributed by atoms with Gasteiger partial charge in [-0.3, -0.25) is 0 Å². The van der Waals surface area contributed by atoms with Crippen LogP contribution in [0, 0.1) is 0 Å². The molecule has 0 unspecified atom stereocenters. The van der Waals surface area contributed by atoms with Gasteiger partial charge in [-0.2, -0.15) is 5.10 Å². The predicted molar refractivity (Wildman–Crippen MR) is 95.5 cm³/mol. The zero-order chi connectivity index (χ0) is 16.3. The van der Waals surface area contributed by atoms with E-state index in [2.05, 4.69) is 20.8 Å². The third kappa shape index (κ3) is 2.00. The Labute approximate surface area is 145 Å². The van der Waals surface area contributed by atoms with Gasteiger partial charge in [-0.25, -0.2) is 9.50 Å². The summed E-state index contributed by atoms with van der Waals surface area (Å²) in [4.78, 5) is 5.43. The van der Waals surface area contributed by atoms with Crippen molar-refractivity contribution in [3.8, 4) is 22.0 Å². The van der Waals surface area contributed by atoms with Crippen LogP contribution in [0.1, 0.15) is 0 Å². The topological polar surface area (TPSA) is 48.3 Å². The van der Waals surface area contributed by atoms with Crippen LogP contribution in [0.25, 0.3) is 37.9 Å². The Hall–Kier alpha value is -2.57. The maximum Gasteiger partial charge on any atom is 0.213 e. The van der Waals surface area contributed by atoms with Gasteiger partial charge in [0.1, 0.15) is 10.7 Å². The lowest BCUT2D eigenvalue weighted by Gasteiger charge is -1.96. The smallest absolute Gasteiger partial charge is 0.213 e. The van der Waals surface area contributed by atoms with Crippen molar-refractivity contribution in [2.24, 2.45) is 7.05 Å². The van der Waals surface area contributed by atoms with Crippen LogP contribution >= 0.6 is 22.9 Å². The highest BCUT2D eigenvalue weighted by molar-refractivity contribution is 7.20. The number of fused-ring (bicyclic) bond motifs is 2. The molecular weight excluding hydrogens is 344 g/mol. The fraction of sp³-hybridized carbons (Fsp3) is 0.0588. The number of hydrogen-bond acceptors (Lipinski definition) is 4. The lowest BCUT2D eigenvalue weighted by Crippen LogP contribution is -1.82. The standard InChI is InChI=1S/C17H11ClN4OS/c1-21-8-12(11-7-10(18)4-5-14(11)21)16-20-22-9-13(19-17(22)24-16)15-3-2-6-23-15/h2-9H,1H3. The monoisotopic (exact) mass is 354 g/mol. The summed E-state index contributed by atoms with van der Waals surface area (Å²) >= 11 is 7.71. The molecule has 0 aliphatic carbocycles.